The number of phosphoric ester groups is 2. The number of halogens is 5. The number of hydrogen-bond acceptors (Lipinski definition) is 33. The Labute approximate surface area is 653 Å². The summed E-state index contributed by atoms with van der Waals surface area (Å²) in [5.74, 6) is 0.527. The van der Waals surface area contributed by atoms with Crippen molar-refractivity contribution in [2.24, 2.45) is 0 Å². The first-order chi connectivity index (χ1) is 46.0. The van der Waals surface area contributed by atoms with Crippen LogP contribution in [0.4, 0.5) is 17.8 Å². The van der Waals surface area contributed by atoms with Crippen molar-refractivity contribution in [3.8, 4) is 0 Å². The molecule has 11 heterocycles. The fourth-order valence-corrected chi connectivity index (χ4v) is 12.4. The number of benzene rings is 1. The molecule has 5 fully saturated rings. The first-order valence-corrected chi connectivity index (χ1v) is 39.2. The molecule has 101 heavy (non-hydrogen) atoms. The summed E-state index contributed by atoms with van der Waals surface area (Å²) >= 11 is 23.5. The van der Waals surface area contributed by atoms with E-state index in [2.05, 4.69) is 83.1 Å². The van der Waals surface area contributed by atoms with Gasteiger partial charge in [0.15, 0.2) is 28.8 Å². The summed E-state index contributed by atoms with van der Waals surface area (Å²) in [4.78, 5) is 59.9. The van der Waals surface area contributed by atoms with E-state index in [9.17, 15) is 38.1 Å². The Morgan fingerprint density at radius 2 is 1.14 bits per heavy atom. The first-order valence-electron chi connectivity index (χ1n) is 28.5. The number of aryl methyl sites for hydroxylation is 3. The molecule has 2 radical (unpaired) electrons. The molecule has 12 atom stereocenters. The van der Waals surface area contributed by atoms with Gasteiger partial charge in [0.1, 0.15) is 28.8 Å². The zero-order valence-corrected chi connectivity index (χ0v) is 68.2. The molecule has 48 heteroatoms. The van der Waals surface area contributed by atoms with Gasteiger partial charge in [-0.25, -0.2) is 50.9 Å². The van der Waals surface area contributed by atoms with Gasteiger partial charge in [-0.05, 0) is 102 Å². The average Bonchev–Trinajstić information content (AvgIpc) is 1.58. The van der Waals surface area contributed by atoms with Gasteiger partial charge < -0.3 is 79.5 Å². The second-order valence-corrected chi connectivity index (χ2v) is 35.5. The zero-order chi connectivity index (χ0) is 73.0. The van der Waals surface area contributed by atoms with Gasteiger partial charge in [0.05, 0.1) is 87.7 Å². The molecule has 5 aliphatic heterocycles. The number of imidazole rings is 3. The van der Waals surface area contributed by atoms with E-state index in [1.165, 1.54) is 34.6 Å². The minimum atomic E-state index is -3.80. The topological polar surface area (TPSA) is 503 Å². The number of aromatic nitrogens is 12. The molecule has 12 rings (SSSR count). The van der Waals surface area contributed by atoms with Gasteiger partial charge in [0.2, 0.25) is 17.8 Å². The van der Waals surface area contributed by atoms with Crippen molar-refractivity contribution < 1.29 is 169 Å². The number of carbonyl (C=O) groups excluding carboxylic acids is 1. The Hall–Kier alpha value is -2.77. The molecular formula is C53H76Cl5N15O22P4Y2-2. The van der Waals surface area contributed by atoms with E-state index in [4.69, 9.17) is 101 Å². The molecule has 5 saturated heterocycles. The van der Waals surface area contributed by atoms with Gasteiger partial charge >= 0.3 is 38.9 Å². The van der Waals surface area contributed by atoms with Crippen LogP contribution in [0.2, 0.25) is 0 Å². The summed E-state index contributed by atoms with van der Waals surface area (Å²) in [5.41, 5.74) is 22.2. The van der Waals surface area contributed by atoms with Crippen LogP contribution in [0.25, 0.3) is 33.5 Å². The third-order valence-electron chi connectivity index (χ3n) is 14.3. The SMILES string of the molecule is C.CO.COP(=O)(Cl)Cl.COP1(=O)OC[C@H]2O[C@@H](n3cnc4c(C)nc(N)nc43)[C-](C)[C@@H]2O1.COP1(=O)OC[C@H]2O[C@@H](n3cnc4c(C)nc(N)nc43)[C@](C)(OC(C)=O)[C@@H]2O1.Cc1nc(N)nc2c1ncn2[C@@H]1O[C@H](CO)[C@@H](O)[C-]1C.O=C(O)CCOCc1ccccc1.O=P(Cl)(Cl)Cl.[Y].[Y]. The molecular weight excluding hydrogens is 1680 g/mol. The monoisotopic (exact) mass is 1750 g/mol. The van der Waals surface area contributed by atoms with Crippen LogP contribution in [0.15, 0.2) is 49.3 Å². The Morgan fingerprint density at radius 1 is 0.713 bits per heavy atom. The van der Waals surface area contributed by atoms with Gasteiger partial charge in [-0.1, -0.05) is 37.8 Å². The normalized spacial score (nSPS) is 25.8. The number of aliphatic hydroxyl groups is 3. The Morgan fingerprint density at radius 3 is 1.55 bits per heavy atom. The maximum atomic E-state index is 12.5. The number of nitrogens with two attached hydrogens (primary N) is 3. The van der Waals surface area contributed by atoms with Gasteiger partial charge in [-0.3, -0.25) is 45.9 Å². The number of carboxylic acid groups (broad SMARTS) is 1. The minimum absolute atomic E-state index is 0. The van der Waals surface area contributed by atoms with E-state index in [-0.39, 0.29) is 130 Å². The molecule has 2 unspecified atom stereocenters. The van der Waals surface area contributed by atoms with Crippen LogP contribution in [0.3, 0.4) is 0 Å². The molecule has 6 aromatic heterocycles. The van der Waals surface area contributed by atoms with Crippen LogP contribution in [0, 0.1) is 32.6 Å². The number of esters is 1. The predicted molar refractivity (Wildman–Crippen MR) is 362 cm³/mol. The Balaban J connectivity index is 0.000000335. The summed E-state index contributed by atoms with van der Waals surface area (Å²) in [6, 6.07) is 9.67. The summed E-state index contributed by atoms with van der Waals surface area (Å²) in [6.07, 6.45) is -4.25. The Bertz CT molecular complexity index is 4060. The van der Waals surface area contributed by atoms with Gasteiger partial charge in [0, 0.05) is 113 Å². The number of nitrogen functional groups attached to an aromatic ring is 3. The number of hydrogen-bond donors (Lipinski definition) is 7. The number of fused-ring (bicyclic) bond motifs is 5. The fourth-order valence-electron chi connectivity index (χ4n) is 10.0. The average molecular weight is 1750 g/mol. The molecule has 7 aromatic rings. The molecule has 0 amide bonds. The molecule has 0 bridgehead atoms. The largest absolute Gasteiger partial charge is 0.481 e. The molecule has 5 aliphatic rings. The second kappa shape index (κ2) is 40.4. The van der Waals surface area contributed by atoms with Crippen molar-refractivity contribution in [2.45, 2.75) is 130 Å². The number of carbonyl (C=O) groups is 2. The van der Waals surface area contributed by atoms with Crippen molar-refractivity contribution in [2.75, 3.05) is 72.1 Å². The third-order valence-corrected chi connectivity index (χ3v) is 18.4. The maximum absolute atomic E-state index is 12.5. The zero-order valence-electron chi connectivity index (χ0n) is 55.1. The van der Waals surface area contributed by atoms with Gasteiger partial charge in [-0.15, -0.1) is 0 Å². The molecule has 0 aliphatic carbocycles. The van der Waals surface area contributed by atoms with Crippen molar-refractivity contribution in [1.29, 1.82) is 0 Å². The van der Waals surface area contributed by atoms with E-state index in [1.807, 2.05) is 44.2 Å². The van der Waals surface area contributed by atoms with Gasteiger partial charge in [0.25, 0.3) is 0 Å². The Kier molecular flexibility index (Phi) is 37.0. The van der Waals surface area contributed by atoms with Crippen molar-refractivity contribution >= 4 is 146 Å². The third kappa shape index (κ3) is 24.6. The van der Waals surface area contributed by atoms with Crippen LogP contribution < -0.4 is 17.2 Å². The summed E-state index contributed by atoms with van der Waals surface area (Å²) < 4.78 is 113. The standard InChI is InChI=1S/C15H20N5O7P.C13H17N5O5P.C12H16N5O3.C10H12O3.CH3Cl2O2P.CH4O.CH4.Cl3OP.2Y/c1-7-10-12(19-14(16)18-7)20(6-17-10)13-15(3,26-8(2)21)11-9(25-13)5-24-28(22,23-4)27-11;1-6-10-8(4-21-24(19,20-3)23-10)22-12(6)18-5-15-9-7(2)16-13(14)17-11(9)18;1-5-9(19)7(3-18)20-11(5)17-4-14-8-6(2)15-12(13)16-10(8)17;11-10(12)6-7-13-8-9-4-2-1-3-5-9;1-5-6(2,3)4;1-2;;1-5(2,3)4;;/h6,9,11,13H,5H2,1-4H3,(H2,16,18,19);5,8,10,12H,4H2,1-3H3,(H2,14,16,17);4,7,9,11,18-19H,3H2,1-2H3,(H2,13,15,16);1-5H,6-8H2,(H,11,12);1H3;2H,1H3;1H4;;;/q;2*-1;;;;;;;/t9-,11-,13-,15-,28?;8-,10+,12-,24?;7-,9+,11-;;;;;;;/m111......./s1. The van der Waals surface area contributed by atoms with E-state index in [0.29, 0.717) is 63.1 Å². The number of anilines is 3. The second-order valence-electron chi connectivity index (χ2n) is 21.0. The van der Waals surface area contributed by atoms with Crippen molar-refractivity contribution in [3.05, 3.63) is 83.8 Å². The summed E-state index contributed by atoms with van der Waals surface area (Å²) in [7, 11) is -2.66. The van der Waals surface area contributed by atoms with Crippen LogP contribution in [-0.2, 0) is 155 Å². The molecule has 37 nitrogen and oxygen atoms in total. The number of carboxylic acids is 1. The maximum Gasteiger partial charge on any atom is 0.475 e. The molecule has 0 saturated carbocycles. The quantitative estimate of drug-likeness (QED) is 0.0245. The van der Waals surface area contributed by atoms with Crippen LogP contribution in [0.1, 0.15) is 82.9 Å². The number of nitrogens with zero attached hydrogens (tertiary/aromatic N) is 12. The molecule has 558 valence electrons. The van der Waals surface area contributed by atoms with E-state index in [1.54, 1.807) is 54.1 Å². The minimum Gasteiger partial charge on any atom is -0.481 e. The van der Waals surface area contributed by atoms with E-state index in [0.717, 1.165) is 18.6 Å². The van der Waals surface area contributed by atoms with Crippen LogP contribution >= 0.6 is 83.1 Å². The van der Waals surface area contributed by atoms with Crippen molar-refractivity contribution in [1.82, 2.24) is 58.6 Å². The number of rotatable bonds is 13. The van der Waals surface area contributed by atoms with Crippen LogP contribution in [-0.4, -0.2) is 188 Å². The molecule has 0 spiro atoms. The smallest absolute Gasteiger partial charge is 0.475 e. The number of aliphatic hydroxyl groups excluding tert-OH is 3. The number of phosphoric acid groups is 2. The molecule has 1 aromatic carbocycles. The van der Waals surface area contributed by atoms with Crippen LogP contribution in [0.5, 0.6) is 0 Å². The van der Waals surface area contributed by atoms with Gasteiger partial charge in [-0.2, -0.15) is 28.8 Å². The van der Waals surface area contributed by atoms with E-state index >= 15 is 0 Å². The van der Waals surface area contributed by atoms with Crippen molar-refractivity contribution in [3.63, 3.8) is 0 Å². The number of ether oxygens (including phenoxy) is 5. The summed E-state index contributed by atoms with van der Waals surface area (Å²) in [6.45, 7) is 12.4. The van der Waals surface area contributed by atoms with E-state index < -0.39 is 93.7 Å². The fraction of sp³-hybridized carbons (Fsp3) is 0.528. The summed E-state index contributed by atoms with van der Waals surface area (Å²) in [5, 5.41) is 31.3. The number of aliphatic carboxylic acids is 1. The predicted octanol–water partition coefficient (Wildman–Crippen LogP) is 8.99. The first kappa shape index (κ1) is 92.4. The molecule has 10 N–H and O–H groups in total.